The van der Waals surface area contributed by atoms with Gasteiger partial charge in [0.2, 0.25) is 0 Å². The molecule has 0 spiro atoms. The highest BCUT2D eigenvalue weighted by atomic mass is 19.2. The lowest BCUT2D eigenvalue weighted by atomic mass is 9.96. The molecule has 0 saturated carbocycles. The second-order valence-electron chi connectivity index (χ2n) is 4.41. The zero-order valence-electron chi connectivity index (χ0n) is 9.63. The van der Waals surface area contributed by atoms with Gasteiger partial charge in [0, 0.05) is 19.6 Å². The Hall–Kier alpha value is -1.29. The summed E-state index contributed by atoms with van der Waals surface area (Å²) in [6.07, 6.45) is 1.03. The minimum atomic E-state index is -1.03. The number of carbonyl (C=O) groups excluding carboxylic acids is 1. The fourth-order valence-electron chi connectivity index (χ4n) is 1.98. The molecule has 1 aromatic rings. The van der Waals surface area contributed by atoms with E-state index in [0.717, 1.165) is 6.42 Å². The molecule has 1 aliphatic heterocycles. The van der Waals surface area contributed by atoms with Crippen molar-refractivity contribution in [2.45, 2.75) is 19.8 Å². The normalized spacial score (nSPS) is 19.6. The Balaban J connectivity index is 2.16. The van der Waals surface area contributed by atoms with Crippen molar-refractivity contribution in [3.8, 4) is 0 Å². The molecule has 1 heterocycles. The number of halogens is 2. The van der Waals surface area contributed by atoms with Crippen LogP contribution in [-0.4, -0.2) is 19.0 Å². The summed E-state index contributed by atoms with van der Waals surface area (Å²) in [6.45, 7) is 2.64. The average molecular weight is 240 g/mol. The van der Waals surface area contributed by atoms with E-state index in [0.29, 0.717) is 13.2 Å². The molecule has 1 atom stereocenters. The van der Waals surface area contributed by atoms with Gasteiger partial charge in [-0.15, -0.1) is 0 Å². The van der Waals surface area contributed by atoms with E-state index >= 15 is 0 Å². The fourth-order valence-corrected chi connectivity index (χ4v) is 1.98. The van der Waals surface area contributed by atoms with Crippen LogP contribution in [0.25, 0.3) is 0 Å². The van der Waals surface area contributed by atoms with Crippen molar-refractivity contribution in [2.24, 2.45) is 5.92 Å². The summed E-state index contributed by atoms with van der Waals surface area (Å²) in [5.41, 5.74) is 0.0586. The molecular formula is C13H14F2O2. The van der Waals surface area contributed by atoms with Gasteiger partial charge in [-0.05, 0) is 30.9 Å². The molecule has 0 bridgehead atoms. The molecule has 1 aliphatic rings. The van der Waals surface area contributed by atoms with Gasteiger partial charge in [0.15, 0.2) is 17.4 Å². The monoisotopic (exact) mass is 240 g/mol. The molecule has 2 nitrogen and oxygen atoms in total. The van der Waals surface area contributed by atoms with Crippen LogP contribution in [0.5, 0.6) is 0 Å². The minimum Gasteiger partial charge on any atom is -0.381 e. The lowest BCUT2D eigenvalue weighted by molar-refractivity contribution is 0.0947. The average Bonchev–Trinajstić information content (AvgIpc) is 2.78. The van der Waals surface area contributed by atoms with Crippen LogP contribution in [-0.2, 0) is 4.74 Å². The van der Waals surface area contributed by atoms with Gasteiger partial charge < -0.3 is 4.74 Å². The largest absolute Gasteiger partial charge is 0.381 e. The van der Waals surface area contributed by atoms with Gasteiger partial charge in [0.05, 0.1) is 5.56 Å². The van der Waals surface area contributed by atoms with E-state index in [9.17, 15) is 13.6 Å². The maximum absolute atomic E-state index is 13.6. The van der Waals surface area contributed by atoms with Crippen LogP contribution in [0.3, 0.4) is 0 Å². The van der Waals surface area contributed by atoms with Crippen molar-refractivity contribution in [2.75, 3.05) is 13.2 Å². The van der Waals surface area contributed by atoms with Crippen LogP contribution in [0.1, 0.15) is 28.8 Å². The molecule has 17 heavy (non-hydrogen) atoms. The molecule has 4 heteroatoms. The molecule has 0 N–H and O–H groups in total. The second-order valence-corrected chi connectivity index (χ2v) is 4.41. The standard InChI is InChI=1S/C13H14F2O2/c1-8-2-3-10(13(15)12(8)14)11(16)6-9-4-5-17-7-9/h2-3,9H,4-7H2,1H3. The summed E-state index contributed by atoms with van der Waals surface area (Å²) in [5, 5.41) is 0. The Bertz CT molecular complexity index is 437. The summed E-state index contributed by atoms with van der Waals surface area (Å²) in [5.74, 6) is -2.18. The van der Waals surface area contributed by atoms with Crippen molar-refractivity contribution in [1.82, 2.24) is 0 Å². The van der Waals surface area contributed by atoms with Gasteiger partial charge in [0.25, 0.3) is 0 Å². The van der Waals surface area contributed by atoms with Gasteiger partial charge in [0.1, 0.15) is 0 Å². The van der Waals surface area contributed by atoms with E-state index in [1.54, 1.807) is 0 Å². The molecule has 0 aromatic heterocycles. The smallest absolute Gasteiger partial charge is 0.169 e. The molecule has 92 valence electrons. The molecule has 0 radical (unpaired) electrons. The van der Waals surface area contributed by atoms with Crippen molar-refractivity contribution < 1.29 is 18.3 Å². The number of rotatable bonds is 3. The van der Waals surface area contributed by atoms with Crippen LogP contribution in [0.2, 0.25) is 0 Å². The molecule has 0 aliphatic carbocycles. The first-order valence-electron chi connectivity index (χ1n) is 5.65. The van der Waals surface area contributed by atoms with Gasteiger partial charge in [-0.2, -0.15) is 0 Å². The van der Waals surface area contributed by atoms with Crippen LogP contribution in [0, 0.1) is 24.5 Å². The molecule has 2 rings (SSSR count). The van der Waals surface area contributed by atoms with E-state index in [-0.39, 0.29) is 29.2 Å². The number of hydrogen-bond donors (Lipinski definition) is 0. The number of ether oxygens (including phenoxy) is 1. The third kappa shape index (κ3) is 2.52. The number of benzene rings is 1. The summed E-state index contributed by atoms with van der Waals surface area (Å²) >= 11 is 0. The first-order valence-corrected chi connectivity index (χ1v) is 5.65. The second kappa shape index (κ2) is 4.92. The lowest BCUT2D eigenvalue weighted by Crippen LogP contribution is -2.11. The highest BCUT2D eigenvalue weighted by molar-refractivity contribution is 5.96. The van der Waals surface area contributed by atoms with Crippen LogP contribution in [0.15, 0.2) is 12.1 Å². The van der Waals surface area contributed by atoms with E-state index in [2.05, 4.69) is 0 Å². The third-order valence-corrected chi connectivity index (χ3v) is 3.07. The van der Waals surface area contributed by atoms with Crippen LogP contribution in [0.4, 0.5) is 8.78 Å². The third-order valence-electron chi connectivity index (χ3n) is 3.07. The predicted molar refractivity (Wildman–Crippen MR) is 59.0 cm³/mol. The Kier molecular flexibility index (Phi) is 3.52. The molecule has 1 saturated heterocycles. The van der Waals surface area contributed by atoms with Gasteiger partial charge >= 0.3 is 0 Å². The number of carbonyl (C=O) groups is 1. The van der Waals surface area contributed by atoms with E-state index in [4.69, 9.17) is 4.74 Å². The minimum absolute atomic E-state index is 0.131. The number of Topliss-reactive ketones (excluding diaryl/α,β-unsaturated/α-hetero) is 1. The summed E-state index contributed by atoms with van der Waals surface area (Å²) in [6, 6.07) is 2.78. The van der Waals surface area contributed by atoms with Crippen molar-refractivity contribution >= 4 is 5.78 Å². The van der Waals surface area contributed by atoms with Gasteiger partial charge in [-0.1, -0.05) is 6.07 Å². The molecule has 1 aromatic carbocycles. The quantitative estimate of drug-likeness (QED) is 0.759. The maximum atomic E-state index is 13.6. The Morgan fingerprint density at radius 3 is 2.82 bits per heavy atom. The van der Waals surface area contributed by atoms with Gasteiger partial charge in [-0.25, -0.2) is 8.78 Å². The predicted octanol–water partition coefficient (Wildman–Crippen LogP) is 2.88. The fraction of sp³-hybridized carbons (Fsp3) is 0.462. The van der Waals surface area contributed by atoms with E-state index < -0.39 is 11.6 Å². The Labute approximate surface area is 98.6 Å². The van der Waals surface area contributed by atoms with Crippen LogP contribution < -0.4 is 0 Å². The number of aryl methyl sites for hydroxylation is 1. The summed E-state index contributed by atoms with van der Waals surface area (Å²) in [7, 11) is 0. The molecule has 1 unspecified atom stereocenters. The summed E-state index contributed by atoms with van der Waals surface area (Å²) < 4.78 is 32.0. The highest BCUT2D eigenvalue weighted by Crippen LogP contribution is 2.22. The zero-order chi connectivity index (χ0) is 12.4. The SMILES string of the molecule is Cc1ccc(C(=O)CC2CCOC2)c(F)c1F. The Morgan fingerprint density at radius 2 is 2.18 bits per heavy atom. The first-order chi connectivity index (χ1) is 8.09. The maximum Gasteiger partial charge on any atom is 0.169 e. The van der Waals surface area contributed by atoms with Gasteiger partial charge in [-0.3, -0.25) is 4.79 Å². The Morgan fingerprint density at radius 1 is 1.41 bits per heavy atom. The van der Waals surface area contributed by atoms with Crippen molar-refractivity contribution in [3.63, 3.8) is 0 Å². The van der Waals surface area contributed by atoms with E-state index in [1.807, 2.05) is 0 Å². The number of ketones is 1. The first kappa shape index (κ1) is 12.2. The van der Waals surface area contributed by atoms with E-state index in [1.165, 1.54) is 19.1 Å². The molecule has 1 fully saturated rings. The van der Waals surface area contributed by atoms with Crippen molar-refractivity contribution in [3.05, 3.63) is 34.9 Å². The summed E-state index contributed by atoms with van der Waals surface area (Å²) in [4.78, 5) is 11.8. The zero-order valence-corrected chi connectivity index (χ0v) is 9.63. The molecule has 0 amide bonds. The molecular weight excluding hydrogens is 226 g/mol. The van der Waals surface area contributed by atoms with Crippen molar-refractivity contribution in [1.29, 1.82) is 0 Å². The van der Waals surface area contributed by atoms with Crippen LogP contribution >= 0.6 is 0 Å². The number of hydrogen-bond acceptors (Lipinski definition) is 2. The lowest BCUT2D eigenvalue weighted by Gasteiger charge is -2.08. The topological polar surface area (TPSA) is 26.3 Å². The highest BCUT2D eigenvalue weighted by Gasteiger charge is 2.23.